The number of hydrogen-bond donors (Lipinski definition) is 1. The first-order chi connectivity index (χ1) is 7.08. The smallest absolute Gasteiger partial charge is 0.146 e. The summed E-state index contributed by atoms with van der Waals surface area (Å²) in [5.74, 6) is 1.17. The predicted molar refractivity (Wildman–Crippen MR) is 61.7 cm³/mol. The van der Waals surface area contributed by atoms with Crippen LogP contribution >= 0.6 is 0 Å². The van der Waals surface area contributed by atoms with Gasteiger partial charge in [-0.1, -0.05) is 19.9 Å². The third kappa shape index (κ3) is 1.99. The molecule has 1 atom stereocenters. The molecule has 82 valence electrons. The molecule has 15 heavy (non-hydrogen) atoms. The molecule has 1 aromatic rings. The number of hydrogen-bond acceptors (Lipinski definition) is 1. The van der Waals surface area contributed by atoms with Crippen LogP contribution in [0.2, 0.25) is 0 Å². The fraction of sp³-hybridized carbons (Fsp3) is 0.538. The molecule has 2 rings (SSSR count). The molecule has 0 saturated heterocycles. The van der Waals surface area contributed by atoms with E-state index in [4.69, 9.17) is 0 Å². The second-order valence-corrected chi connectivity index (χ2v) is 4.87. The van der Waals surface area contributed by atoms with Gasteiger partial charge in [0.2, 0.25) is 0 Å². The van der Waals surface area contributed by atoms with Gasteiger partial charge in [-0.2, -0.15) is 0 Å². The summed E-state index contributed by atoms with van der Waals surface area (Å²) in [5, 5.41) is 3.21. The quantitative estimate of drug-likeness (QED) is 0.744. The Kier molecular flexibility index (Phi) is 2.68. The zero-order valence-electron chi connectivity index (χ0n) is 9.60. The maximum atomic E-state index is 13.6. The summed E-state index contributed by atoms with van der Waals surface area (Å²) in [6.45, 7) is 7.29. The molecule has 1 nitrogen and oxygen atoms in total. The van der Waals surface area contributed by atoms with Crippen molar-refractivity contribution in [3.63, 3.8) is 0 Å². The van der Waals surface area contributed by atoms with Gasteiger partial charge < -0.3 is 5.32 Å². The van der Waals surface area contributed by atoms with Crippen molar-refractivity contribution in [1.82, 2.24) is 0 Å². The predicted octanol–water partition coefficient (Wildman–Crippen LogP) is 3.37. The van der Waals surface area contributed by atoms with Gasteiger partial charge in [-0.15, -0.1) is 0 Å². The standard InChI is InChI=1S/C13H18FN/c1-8(2)11-6-10-4-9(3)5-12(14)13(10)15-7-11/h4-5,8,11,15H,6-7H2,1-3H3. The van der Waals surface area contributed by atoms with Crippen LogP contribution in [0, 0.1) is 24.6 Å². The zero-order chi connectivity index (χ0) is 11.0. The van der Waals surface area contributed by atoms with Crippen LogP contribution in [0.5, 0.6) is 0 Å². The molecular weight excluding hydrogens is 189 g/mol. The lowest BCUT2D eigenvalue weighted by atomic mass is 9.85. The number of benzene rings is 1. The first-order valence-electron chi connectivity index (χ1n) is 5.61. The number of anilines is 1. The number of rotatable bonds is 1. The van der Waals surface area contributed by atoms with Gasteiger partial charge in [0, 0.05) is 6.54 Å². The van der Waals surface area contributed by atoms with Crippen LogP contribution in [0.1, 0.15) is 25.0 Å². The lowest BCUT2D eigenvalue weighted by molar-refractivity contribution is 0.391. The molecule has 1 aromatic carbocycles. The molecule has 0 bridgehead atoms. The molecule has 0 aromatic heterocycles. The van der Waals surface area contributed by atoms with Gasteiger partial charge in [0.05, 0.1) is 5.69 Å². The summed E-state index contributed by atoms with van der Waals surface area (Å²) >= 11 is 0. The minimum absolute atomic E-state index is 0.104. The molecule has 0 aliphatic carbocycles. The van der Waals surface area contributed by atoms with Gasteiger partial charge in [0.25, 0.3) is 0 Å². The van der Waals surface area contributed by atoms with Crippen molar-refractivity contribution >= 4 is 5.69 Å². The largest absolute Gasteiger partial charge is 0.382 e. The Hall–Kier alpha value is -1.05. The Morgan fingerprint density at radius 3 is 2.80 bits per heavy atom. The first kappa shape index (κ1) is 10.5. The lowest BCUT2D eigenvalue weighted by Gasteiger charge is -2.29. The van der Waals surface area contributed by atoms with E-state index in [9.17, 15) is 4.39 Å². The summed E-state index contributed by atoms with van der Waals surface area (Å²) in [4.78, 5) is 0. The molecule has 1 aliphatic rings. The average molecular weight is 207 g/mol. The second-order valence-electron chi connectivity index (χ2n) is 4.87. The van der Waals surface area contributed by atoms with Crippen LogP contribution in [-0.2, 0) is 6.42 Å². The van der Waals surface area contributed by atoms with Gasteiger partial charge in [-0.05, 0) is 42.4 Å². The van der Waals surface area contributed by atoms with E-state index in [1.54, 1.807) is 6.07 Å². The van der Waals surface area contributed by atoms with Crippen LogP contribution in [-0.4, -0.2) is 6.54 Å². The molecule has 0 spiro atoms. The number of nitrogens with one attached hydrogen (secondary N) is 1. The third-order valence-corrected chi connectivity index (χ3v) is 3.28. The summed E-state index contributed by atoms with van der Waals surface area (Å²) in [7, 11) is 0. The normalized spacial score (nSPS) is 19.9. The Balaban J connectivity index is 2.33. The van der Waals surface area contributed by atoms with Crippen LogP contribution in [0.4, 0.5) is 10.1 Å². The minimum Gasteiger partial charge on any atom is -0.382 e. The molecular formula is C13H18FN. The summed E-state index contributed by atoms with van der Waals surface area (Å²) in [5.41, 5.74) is 2.87. The highest BCUT2D eigenvalue weighted by Gasteiger charge is 2.22. The molecule has 2 heteroatoms. The molecule has 1 unspecified atom stereocenters. The van der Waals surface area contributed by atoms with Crippen LogP contribution in [0.25, 0.3) is 0 Å². The minimum atomic E-state index is -0.104. The van der Waals surface area contributed by atoms with E-state index in [2.05, 4.69) is 25.2 Å². The lowest BCUT2D eigenvalue weighted by Crippen LogP contribution is -2.27. The molecule has 0 amide bonds. The highest BCUT2D eigenvalue weighted by atomic mass is 19.1. The van der Waals surface area contributed by atoms with E-state index in [1.165, 1.54) is 0 Å². The number of halogens is 1. The summed E-state index contributed by atoms with van der Waals surface area (Å²) < 4.78 is 13.6. The van der Waals surface area contributed by atoms with E-state index >= 15 is 0 Å². The highest BCUT2D eigenvalue weighted by Crippen LogP contribution is 2.31. The van der Waals surface area contributed by atoms with Crippen LogP contribution in [0.15, 0.2) is 12.1 Å². The van der Waals surface area contributed by atoms with E-state index in [1.807, 2.05) is 6.92 Å². The second kappa shape index (κ2) is 3.84. The van der Waals surface area contributed by atoms with Crippen molar-refractivity contribution in [2.24, 2.45) is 11.8 Å². The first-order valence-corrected chi connectivity index (χ1v) is 5.61. The number of aryl methyl sites for hydroxylation is 1. The Bertz CT molecular complexity index is 371. The Morgan fingerprint density at radius 2 is 2.13 bits per heavy atom. The van der Waals surface area contributed by atoms with E-state index in [0.29, 0.717) is 11.8 Å². The molecule has 0 fully saturated rings. The Morgan fingerprint density at radius 1 is 1.40 bits per heavy atom. The summed E-state index contributed by atoms with van der Waals surface area (Å²) in [6, 6.07) is 3.70. The van der Waals surface area contributed by atoms with Crippen LogP contribution in [0.3, 0.4) is 0 Å². The van der Waals surface area contributed by atoms with Gasteiger partial charge in [-0.25, -0.2) is 4.39 Å². The molecule has 0 radical (unpaired) electrons. The average Bonchev–Trinajstić information content (AvgIpc) is 2.16. The molecule has 0 saturated carbocycles. The maximum absolute atomic E-state index is 13.6. The zero-order valence-corrected chi connectivity index (χ0v) is 9.60. The van der Waals surface area contributed by atoms with Crippen molar-refractivity contribution in [3.8, 4) is 0 Å². The molecule has 1 aliphatic heterocycles. The van der Waals surface area contributed by atoms with E-state index in [0.717, 1.165) is 29.8 Å². The van der Waals surface area contributed by atoms with Crippen LogP contribution < -0.4 is 5.32 Å². The monoisotopic (exact) mass is 207 g/mol. The van der Waals surface area contributed by atoms with Crippen molar-refractivity contribution in [2.75, 3.05) is 11.9 Å². The SMILES string of the molecule is Cc1cc(F)c2c(c1)CC(C(C)C)CN2. The highest BCUT2D eigenvalue weighted by molar-refractivity contribution is 5.55. The molecule has 1 heterocycles. The third-order valence-electron chi connectivity index (χ3n) is 3.28. The maximum Gasteiger partial charge on any atom is 0.146 e. The van der Waals surface area contributed by atoms with E-state index < -0.39 is 0 Å². The molecule has 1 N–H and O–H groups in total. The van der Waals surface area contributed by atoms with Gasteiger partial charge in [0.1, 0.15) is 5.82 Å². The van der Waals surface area contributed by atoms with Crippen molar-refractivity contribution < 1.29 is 4.39 Å². The summed E-state index contributed by atoms with van der Waals surface area (Å²) in [6.07, 6.45) is 0.999. The van der Waals surface area contributed by atoms with Crippen molar-refractivity contribution in [2.45, 2.75) is 27.2 Å². The fourth-order valence-corrected chi connectivity index (χ4v) is 2.23. The topological polar surface area (TPSA) is 12.0 Å². The Labute approximate surface area is 90.7 Å². The van der Waals surface area contributed by atoms with Crippen molar-refractivity contribution in [3.05, 3.63) is 29.1 Å². The van der Waals surface area contributed by atoms with Gasteiger partial charge >= 0.3 is 0 Å². The fourth-order valence-electron chi connectivity index (χ4n) is 2.23. The van der Waals surface area contributed by atoms with Crippen molar-refractivity contribution in [1.29, 1.82) is 0 Å². The van der Waals surface area contributed by atoms with E-state index in [-0.39, 0.29) is 5.82 Å². The van der Waals surface area contributed by atoms with Gasteiger partial charge in [-0.3, -0.25) is 0 Å². The van der Waals surface area contributed by atoms with Gasteiger partial charge in [0.15, 0.2) is 0 Å². The number of fused-ring (bicyclic) bond motifs is 1.